The van der Waals surface area contributed by atoms with Crippen molar-refractivity contribution in [3.05, 3.63) is 23.8 Å². The Labute approximate surface area is 73.7 Å². The van der Waals surface area contributed by atoms with Crippen molar-refractivity contribution in [2.45, 2.75) is 33.1 Å². The molecule has 2 heteroatoms. The van der Waals surface area contributed by atoms with Crippen molar-refractivity contribution in [1.82, 2.24) is 9.97 Å². The minimum Gasteiger partial charge on any atom is -0.345 e. The van der Waals surface area contributed by atoms with Gasteiger partial charge in [0, 0.05) is 0 Å². The van der Waals surface area contributed by atoms with Gasteiger partial charge in [-0.2, -0.15) is 0 Å². The Kier molecular flexibility index (Phi) is 3.58. The van der Waals surface area contributed by atoms with Crippen molar-refractivity contribution in [2.24, 2.45) is 0 Å². The molecule has 0 saturated carbocycles. The molecule has 12 heavy (non-hydrogen) atoms. The number of aryl methyl sites for hydroxylation is 1. The van der Waals surface area contributed by atoms with Crippen LogP contribution in [0.15, 0.2) is 12.4 Å². The van der Waals surface area contributed by atoms with Crippen LogP contribution in [0.4, 0.5) is 0 Å². The average molecular weight is 164 g/mol. The summed E-state index contributed by atoms with van der Waals surface area (Å²) in [4.78, 5) is 7.32. The summed E-state index contributed by atoms with van der Waals surface area (Å²) >= 11 is 0. The summed E-state index contributed by atoms with van der Waals surface area (Å²) < 4.78 is 0. The van der Waals surface area contributed by atoms with Crippen LogP contribution in [0.2, 0.25) is 0 Å². The Morgan fingerprint density at radius 3 is 3.00 bits per heavy atom. The Morgan fingerprint density at radius 2 is 2.33 bits per heavy atom. The molecule has 0 aliphatic rings. The minimum absolute atomic E-state index is 0.995. The quantitative estimate of drug-likeness (QED) is 0.728. The lowest BCUT2D eigenvalue weighted by atomic mass is 10.2. The van der Waals surface area contributed by atoms with Crippen molar-refractivity contribution < 1.29 is 0 Å². The van der Waals surface area contributed by atoms with Gasteiger partial charge in [0.1, 0.15) is 0 Å². The molecule has 0 amide bonds. The molecule has 0 aliphatic carbocycles. The highest BCUT2D eigenvalue weighted by Crippen LogP contribution is 2.06. The second kappa shape index (κ2) is 4.75. The normalized spacial score (nSPS) is 11.2. The first-order valence-corrected chi connectivity index (χ1v) is 4.57. The molecule has 1 heterocycles. The first kappa shape index (κ1) is 9.04. The number of aromatic amines is 1. The molecule has 0 radical (unpaired) electrons. The molecule has 0 saturated heterocycles. The van der Waals surface area contributed by atoms with E-state index >= 15 is 0 Å². The van der Waals surface area contributed by atoms with Gasteiger partial charge in [0.25, 0.3) is 0 Å². The lowest BCUT2D eigenvalue weighted by Gasteiger charge is -1.91. The van der Waals surface area contributed by atoms with Crippen molar-refractivity contribution in [1.29, 1.82) is 0 Å². The van der Waals surface area contributed by atoms with Crippen LogP contribution in [0.5, 0.6) is 0 Å². The maximum absolute atomic E-state index is 4.21. The Morgan fingerprint density at radius 1 is 1.50 bits per heavy atom. The van der Waals surface area contributed by atoms with Gasteiger partial charge in [-0.15, -0.1) is 0 Å². The monoisotopic (exact) mass is 164 g/mol. The lowest BCUT2D eigenvalue weighted by molar-refractivity contribution is 0.961. The summed E-state index contributed by atoms with van der Waals surface area (Å²) in [6.45, 7) is 4.30. The Balaban J connectivity index is 2.61. The van der Waals surface area contributed by atoms with Crippen LogP contribution in [0.3, 0.4) is 0 Å². The molecule has 0 fully saturated rings. The highest BCUT2D eigenvalue weighted by atomic mass is 14.9. The van der Waals surface area contributed by atoms with E-state index in [0.29, 0.717) is 0 Å². The number of hydrogen-bond donors (Lipinski definition) is 1. The zero-order valence-corrected chi connectivity index (χ0v) is 7.80. The topological polar surface area (TPSA) is 28.7 Å². The molecule has 1 rings (SSSR count). The third kappa shape index (κ3) is 2.22. The minimum atomic E-state index is 0.995. The van der Waals surface area contributed by atoms with Crippen LogP contribution in [-0.2, 0) is 6.42 Å². The van der Waals surface area contributed by atoms with Crippen LogP contribution in [0, 0.1) is 0 Å². The van der Waals surface area contributed by atoms with Gasteiger partial charge in [-0.3, -0.25) is 0 Å². The van der Waals surface area contributed by atoms with Crippen LogP contribution < -0.4 is 0 Å². The van der Waals surface area contributed by atoms with Crippen LogP contribution in [0.1, 0.15) is 38.1 Å². The summed E-state index contributed by atoms with van der Waals surface area (Å²) in [6, 6.07) is 0. The number of imidazole rings is 1. The third-order valence-electron chi connectivity index (χ3n) is 1.83. The molecule has 0 aliphatic heterocycles. The second-order valence-corrected chi connectivity index (χ2v) is 2.81. The van der Waals surface area contributed by atoms with Crippen molar-refractivity contribution >= 4 is 6.08 Å². The van der Waals surface area contributed by atoms with Gasteiger partial charge in [0.15, 0.2) is 0 Å². The van der Waals surface area contributed by atoms with E-state index in [1.807, 2.05) is 0 Å². The summed E-state index contributed by atoms with van der Waals surface area (Å²) in [5.74, 6) is 0. The molecule has 66 valence electrons. The zero-order chi connectivity index (χ0) is 8.81. The maximum Gasteiger partial charge on any atom is 0.0927 e. The number of unbranched alkanes of at least 4 members (excludes halogenated alkanes) is 1. The average Bonchev–Trinajstić information content (AvgIpc) is 2.52. The van der Waals surface area contributed by atoms with E-state index in [1.165, 1.54) is 6.42 Å². The maximum atomic E-state index is 4.21. The SMILES string of the molecule is CCCC=Cc1[nH]cnc1CC. The number of nitrogens with one attached hydrogen (secondary N) is 1. The first-order chi connectivity index (χ1) is 5.88. The number of hydrogen-bond acceptors (Lipinski definition) is 1. The Hall–Kier alpha value is -1.05. The smallest absolute Gasteiger partial charge is 0.0927 e. The summed E-state index contributed by atoms with van der Waals surface area (Å²) in [5.41, 5.74) is 2.31. The number of allylic oxidation sites excluding steroid dienone is 1. The highest BCUT2D eigenvalue weighted by Gasteiger charge is 1.97. The third-order valence-corrected chi connectivity index (χ3v) is 1.83. The van der Waals surface area contributed by atoms with E-state index in [2.05, 4.69) is 36.0 Å². The van der Waals surface area contributed by atoms with Gasteiger partial charge in [-0.1, -0.05) is 26.3 Å². The fourth-order valence-corrected chi connectivity index (χ4v) is 1.13. The number of H-pyrrole nitrogens is 1. The van der Waals surface area contributed by atoms with Crippen molar-refractivity contribution in [3.63, 3.8) is 0 Å². The van der Waals surface area contributed by atoms with Crippen LogP contribution in [-0.4, -0.2) is 9.97 Å². The van der Waals surface area contributed by atoms with E-state index in [9.17, 15) is 0 Å². The molecule has 0 spiro atoms. The van der Waals surface area contributed by atoms with Gasteiger partial charge in [0.05, 0.1) is 17.7 Å². The molecule has 0 aromatic carbocycles. The van der Waals surface area contributed by atoms with Gasteiger partial charge >= 0.3 is 0 Å². The first-order valence-electron chi connectivity index (χ1n) is 4.57. The summed E-state index contributed by atoms with van der Waals surface area (Å²) in [5, 5.41) is 0. The molecule has 0 atom stereocenters. The summed E-state index contributed by atoms with van der Waals surface area (Å²) in [7, 11) is 0. The highest BCUT2D eigenvalue weighted by molar-refractivity contribution is 5.46. The van der Waals surface area contributed by atoms with E-state index in [-0.39, 0.29) is 0 Å². The zero-order valence-electron chi connectivity index (χ0n) is 7.80. The second-order valence-electron chi connectivity index (χ2n) is 2.81. The lowest BCUT2D eigenvalue weighted by Crippen LogP contribution is -1.82. The predicted molar refractivity (Wildman–Crippen MR) is 51.9 cm³/mol. The predicted octanol–water partition coefficient (Wildman–Crippen LogP) is 2.79. The molecule has 1 aromatic rings. The largest absolute Gasteiger partial charge is 0.345 e. The van der Waals surface area contributed by atoms with E-state index < -0.39 is 0 Å². The molecule has 2 nitrogen and oxygen atoms in total. The number of rotatable bonds is 4. The van der Waals surface area contributed by atoms with Gasteiger partial charge < -0.3 is 4.98 Å². The van der Waals surface area contributed by atoms with E-state index in [1.54, 1.807) is 6.33 Å². The van der Waals surface area contributed by atoms with Gasteiger partial charge in [-0.25, -0.2) is 4.98 Å². The van der Waals surface area contributed by atoms with Crippen LogP contribution >= 0.6 is 0 Å². The van der Waals surface area contributed by atoms with Gasteiger partial charge in [-0.05, 0) is 18.9 Å². The molecule has 1 aromatic heterocycles. The molecular formula is C10H16N2. The van der Waals surface area contributed by atoms with Gasteiger partial charge in [0.2, 0.25) is 0 Å². The molecule has 0 unspecified atom stereocenters. The van der Waals surface area contributed by atoms with Crippen LogP contribution in [0.25, 0.3) is 6.08 Å². The molecule has 1 N–H and O–H groups in total. The number of aromatic nitrogens is 2. The standard InChI is InChI=1S/C10H16N2/c1-3-5-6-7-10-9(4-2)11-8-12-10/h6-8H,3-5H2,1-2H3,(H,11,12). The summed E-state index contributed by atoms with van der Waals surface area (Å²) in [6.07, 6.45) is 9.40. The molecular weight excluding hydrogens is 148 g/mol. The van der Waals surface area contributed by atoms with E-state index in [0.717, 1.165) is 24.2 Å². The fourth-order valence-electron chi connectivity index (χ4n) is 1.13. The van der Waals surface area contributed by atoms with Crippen molar-refractivity contribution in [2.75, 3.05) is 0 Å². The van der Waals surface area contributed by atoms with E-state index in [4.69, 9.17) is 0 Å². The molecule has 0 bridgehead atoms. The van der Waals surface area contributed by atoms with Crippen molar-refractivity contribution in [3.8, 4) is 0 Å². The number of nitrogens with zero attached hydrogens (tertiary/aromatic N) is 1. The fraction of sp³-hybridized carbons (Fsp3) is 0.500. The Bertz CT molecular complexity index is 248.